The molecule has 1 aliphatic rings. The molecule has 1 aromatic carbocycles. The van der Waals surface area contributed by atoms with Crippen molar-refractivity contribution in [3.8, 4) is 5.75 Å². The first-order valence-corrected chi connectivity index (χ1v) is 5.81. The van der Waals surface area contributed by atoms with E-state index in [2.05, 4.69) is 4.74 Å². The lowest BCUT2D eigenvalue weighted by atomic mass is 9.90. The van der Waals surface area contributed by atoms with Crippen LogP contribution >= 0.6 is 0 Å². The fourth-order valence-corrected chi connectivity index (χ4v) is 1.90. The van der Waals surface area contributed by atoms with Crippen molar-refractivity contribution in [1.82, 2.24) is 0 Å². The lowest BCUT2D eigenvalue weighted by Gasteiger charge is -2.27. The van der Waals surface area contributed by atoms with Crippen molar-refractivity contribution in [2.45, 2.75) is 19.3 Å². The van der Waals surface area contributed by atoms with E-state index >= 15 is 0 Å². The van der Waals surface area contributed by atoms with Crippen LogP contribution in [0.1, 0.15) is 12.5 Å². The summed E-state index contributed by atoms with van der Waals surface area (Å²) in [5, 5.41) is 0. The van der Waals surface area contributed by atoms with E-state index in [0.29, 0.717) is 5.56 Å². The smallest absolute Gasteiger partial charge is 0.377 e. The van der Waals surface area contributed by atoms with Gasteiger partial charge < -0.3 is 9.47 Å². The predicted molar refractivity (Wildman–Crippen MR) is 60.9 cm³/mol. The molecule has 1 unspecified atom stereocenters. The van der Waals surface area contributed by atoms with E-state index in [0.717, 1.165) is 0 Å². The minimum Gasteiger partial charge on any atom is -0.462 e. The summed E-state index contributed by atoms with van der Waals surface area (Å²) in [7, 11) is 0. The molecule has 0 saturated heterocycles. The van der Waals surface area contributed by atoms with Gasteiger partial charge in [0.1, 0.15) is 11.7 Å². The van der Waals surface area contributed by atoms with Crippen molar-refractivity contribution in [2.24, 2.45) is 5.92 Å². The predicted octanol–water partition coefficient (Wildman–Crippen LogP) is 1.96. The summed E-state index contributed by atoms with van der Waals surface area (Å²) in [6.07, 6.45) is -0.249. The van der Waals surface area contributed by atoms with Gasteiger partial charge in [-0.2, -0.15) is 8.78 Å². The number of para-hydroxylation sites is 1. The lowest BCUT2D eigenvalue weighted by Crippen LogP contribution is -2.47. The van der Waals surface area contributed by atoms with Gasteiger partial charge in [-0.1, -0.05) is 18.2 Å². The maximum atomic E-state index is 13.9. The second kappa shape index (κ2) is 4.95. The van der Waals surface area contributed by atoms with Gasteiger partial charge in [-0.25, -0.2) is 4.79 Å². The van der Waals surface area contributed by atoms with Crippen LogP contribution in [0.25, 0.3) is 0 Å². The maximum Gasteiger partial charge on any atom is 0.377 e. The van der Waals surface area contributed by atoms with Crippen LogP contribution in [0.15, 0.2) is 24.3 Å². The van der Waals surface area contributed by atoms with Crippen LogP contribution in [0.2, 0.25) is 0 Å². The largest absolute Gasteiger partial charge is 0.462 e. The fraction of sp³-hybridized carbons (Fsp3) is 0.385. The third kappa shape index (κ3) is 2.43. The van der Waals surface area contributed by atoms with Crippen molar-refractivity contribution >= 4 is 11.9 Å². The molecule has 2 rings (SSSR count). The van der Waals surface area contributed by atoms with E-state index in [1.807, 2.05) is 0 Å². The van der Waals surface area contributed by atoms with Gasteiger partial charge in [-0.3, -0.25) is 4.79 Å². The Morgan fingerprint density at radius 1 is 1.47 bits per heavy atom. The highest BCUT2D eigenvalue weighted by Gasteiger charge is 2.54. The number of esters is 2. The zero-order valence-corrected chi connectivity index (χ0v) is 10.2. The molecule has 0 radical (unpaired) electrons. The number of rotatable bonds is 3. The van der Waals surface area contributed by atoms with E-state index in [4.69, 9.17) is 4.74 Å². The van der Waals surface area contributed by atoms with Crippen LogP contribution in [0.4, 0.5) is 8.78 Å². The normalized spacial score (nSPS) is 18.5. The molecule has 1 atom stereocenters. The molecule has 0 spiro atoms. The SMILES string of the molecule is CCOC(=O)C(F)(F)C1Cc2ccccc2OC1=O. The van der Waals surface area contributed by atoms with Gasteiger partial charge >= 0.3 is 17.9 Å². The highest BCUT2D eigenvalue weighted by atomic mass is 19.3. The molecule has 0 N–H and O–H groups in total. The van der Waals surface area contributed by atoms with Crippen LogP contribution in [-0.2, 0) is 20.7 Å². The molecule has 1 aliphatic heterocycles. The van der Waals surface area contributed by atoms with Gasteiger partial charge in [-0.15, -0.1) is 0 Å². The second-order valence-corrected chi connectivity index (χ2v) is 4.13. The van der Waals surface area contributed by atoms with E-state index in [1.165, 1.54) is 13.0 Å². The number of hydrogen-bond acceptors (Lipinski definition) is 4. The minimum atomic E-state index is -3.89. The first kappa shape index (κ1) is 13.5. The van der Waals surface area contributed by atoms with E-state index < -0.39 is 23.8 Å². The van der Waals surface area contributed by atoms with E-state index in [1.54, 1.807) is 18.2 Å². The molecule has 0 amide bonds. The number of halogens is 2. The van der Waals surface area contributed by atoms with Crippen molar-refractivity contribution in [1.29, 1.82) is 0 Å². The molecule has 1 aromatic rings. The van der Waals surface area contributed by atoms with Gasteiger partial charge in [0.2, 0.25) is 0 Å². The molecule has 1 heterocycles. The Morgan fingerprint density at radius 3 is 2.84 bits per heavy atom. The Morgan fingerprint density at radius 2 is 2.16 bits per heavy atom. The van der Waals surface area contributed by atoms with Crippen LogP contribution in [0, 0.1) is 5.92 Å². The number of hydrogen-bond donors (Lipinski definition) is 0. The van der Waals surface area contributed by atoms with Crippen molar-refractivity contribution < 1.29 is 27.8 Å². The Bertz CT molecular complexity index is 513. The van der Waals surface area contributed by atoms with Gasteiger partial charge in [-0.05, 0) is 25.0 Å². The summed E-state index contributed by atoms with van der Waals surface area (Å²) in [4.78, 5) is 22.8. The monoisotopic (exact) mass is 270 g/mol. The highest BCUT2D eigenvalue weighted by molar-refractivity contribution is 5.88. The van der Waals surface area contributed by atoms with Gasteiger partial charge in [0, 0.05) is 0 Å². The highest BCUT2D eigenvalue weighted by Crippen LogP contribution is 2.36. The van der Waals surface area contributed by atoms with Crippen LogP contribution < -0.4 is 4.74 Å². The number of alkyl halides is 2. The third-order valence-electron chi connectivity index (χ3n) is 2.88. The van der Waals surface area contributed by atoms with Gasteiger partial charge in [0.15, 0.2) is 0 Å². The molecule has 0 fully saturated rings. The van der Waals surface area contributed by atoms with E-state index in [9.17, 15) is 18.4 Å². The zero-order chi connectivity index (χ0) is 14.0. The Balaban J connectivity index is 2.27. The van der Waals surface area contributed by atoms with Gasteiger partial charge in [0.05, 0.1) is 6.61 Å². The van der Waals surface area contributed by atoms with E-state index in [-0.39, 0.29) is 18.8 Å². The van der Waals surface area contributed by atoms with Gasteiger partial charge in [0.25, 0.3) is 0 Å². The summed E-state index contributed by atoms with van der Waals surface area (Å²) in [6.45, 7) is 1.25. The molecule has 4 nitrogen and oxygen atoms in total. The summed E-state index contributed by atoms with van der Waals surface area (Å²) >= 11 is 0. The molecule has 0 saturated carbocycles. The van der Waals surface area contributed by atoms with Crippen molar-refractivity contribution in [3.05, 3.63) is 29.8 Å². The standard InChI is InChI=1S/C13H12F2O4/c1-2-18-12(17)13(14,15)9-7-8-5-3-4-6-10(8)19-11(9)16/h3-6,9H,2,7H2,1H3. The average Bonchev–Trinajstić information content (AvgIpc) is 2.38. The second-order valence-electron chi connectivity index (χ2n) is 4.13. The molecular weight excluding hydrogens is 258 g/mol. The average molecular weight is 270 g/mol. The summed E-state index contributed by atoms with van der Waals surface area (Å²) < 4.78 is 36.8. The van der Waals surface area contributed by atoms with Crippen molar-refractivity contribution in [2.75, 3.05) is 6.61 Å². The zero-order valence-electron chi connectivity index (χ0n) is 10.2. The number of carbonyl (C=O) groups is 2. The topological polar surface area (TPSA) is 52.6 Å². The maximum absolute atomic E-state index is 13.9. The quantitative estimate of drug-likeness (QED) is 0.622. The number of fused-ring (bicyclic) bond motifs is 1. The first-order chi connectivity index (χ1) is 8.96. The molecule has 0 aliphatic carbocycles. The number of ether oxygens (including phenoxy) is 2. The molecule has 19 heavy (non-hydrogen) atoms. The van der Waals surface area contributed by atoms with Crippen LogP contribution in [-0.4, -0.2) is 24.5 Å². The summed E-state index contributed by atoms with van der Waals surface area (Å²) in [6, 6.07) is 6.38. The Labute approximate surface area is 108 Å². The Hall–Kier alpha value is -1.98. The summed E-state index contributed by atoms with van der Waals surface area (Å²) in [5.41, 5.74) is 0.469. The molecule has 6 heteroatoms. The number of carbonyl (C=O) groups excluding carboxylic acids is 2. The molecule has 0 bridgehead atoms. The Kier molecular flexibility index (Phi) is 3.50. The summed E-state index contributed by atoms with van der Waals surface area (Å²) in [5.74, 6) is -8.29. The first-order valence-electron chi connectivity index (χ1n) is 5.81. The minimum absolute atomic E-state index is 0.174. The van der Waals surface area contributed by atoms with Crippen LogP contribution in [0.5, 0.6) is 5.75 Å². The third-order valence-corrected chi connectivity index (χ3v) is 2.88. The molecule has 102 valence electrons. The fourth-order valence-electron chi connectivity index (χ4n) is 1.90. The number of benzene rings is 1. The molecular formula is C13H12F2O4. The van der Waals surface area contributed by atoms with Crippen molar-refractivity contribution in [3.63, 3.8) is 0 Å². The molecule has 0 aromatic heterocycles. The van der Waals surface area contributed by atoms with Crippen LogP contribution in [0.3, 0.4) is 0 Å². The lowest BCUT2D eigenvalue weighted by molar-refractivity contribution is -0.187.